The smallest absolute Gasteiger partial charge is 0.234 e. The summed E-state index contributed by atoms with van der Waals surface area (Å²) in [5.74, 6) is 0.0223. The van der Waals surface area contributed by atoms with Crippen molar-refractivity contribution in [1.82, 2.24) is 10.2 Å². The van der Waals surface area contributed by atoms with Gasteiger partial charge in [0.25, 0.3) is 0 Å². The summed E-state index contributed by atoms with van der Waals surface area (Å²) in [5, 5.41) is 3.40. The van der Waals surface area contributed by atoms with Crippen LogP contribution in [-0.2, 0) is 4.79 Å². The van der Waals surface area contributed by atoms with Gasteiger partial charge in [0.1, 0.15) is 0 Å². The number of hydrogen-bond acceptors (Lipinski definition) is 3. The third-order valence-corrected chi connectivity index (χ3v) is 3.60. The highest BCUT2D eigenvalue weighted by molar-refractivity contribution is 5.80. The average molecular weight is 227 g/mol. The van der Waals surface area contributed by atoms with Crippen molar-refractivity contribution in [2.24, 2.45) is 11.7 Å². The van der Waals surface area contributed by atoms with Crippen LogP contribution in [0.1, 0.15) is 33.6 Å². The molecular weight excluding hydrogens is 202 g/mol. The van der Waals surface area contributed by atoms with Gasteiger partial charge in [-0.15, -0.1) is 0 Å². The molecule has 1 amide bonds. The summed E-state index contributed by atoms with van der Waals surface area (Å²) in [6.45, 7) is 7.37. The molecule has 1 fully saturated rings. The molecule has 3 unspecified atom stereocenters. The maximum atomic E-state index is 11.3. The number of piperidine rings is 1. The lowest BCUT2D eigenvalue weighted by Crippen LogP contribution is -2.53. The number of carbonyl (C=O) groups excluding carboxylic acids is 1. The number of primary amides is 1. The molecule has 0 saturated carbocycles. The molecule has 0 bridgehead atoms. The minimum absolute atomic E-state index is 0.194. The Morgan fingerprint density at radius 3 is 2.56 bits per heavy atom. The topological polar surface area (TPSA) is 58.4 Å². The summed E-state index contributed by atoms with van der Waals surface area (Å²) in [7, 11) is 2.15. The third-order valence-electron chi connectivity index (χ3n) is 3.60. The number of amides is 1. The highest BCUT2D eigenvalue weighted by Crippen LogP contribution is 2.16. The fraction of sp³-hybridized carbons (Fsp3) is 0.917. The van der Waals surface area contributed by atoms with Gasteiger partial charge in [0.2, 0.25) is 5.91 Å². The van der Waals surface area contributed by atoms with E-state index in [1.165, 1.54) is 0 Å². The van der Waals surface area contributed by atoms with Gasteiger partial charge in [-0.1, -0.05) is 13.8 Å². The Bertz CT molecular complexity index is 242. The third kappa shape index (κ3) is 3.46. The number of rotatable bonds is 4. The Morgan fingerprint density at radius 2 is 2.12 bits per heavy atom. The molecule has 0 aromatic carbocycles. The van der Waals surface area contributed by atoms with Crippen molar-refractivity contribution in [3.63, 3.8) is 0 Å². The zero-order valence-corrected chi connectivity index (χ0v) is 10.9. The molecule has 4 nitrogen and oxygen atoms in total. The number of nitrogens with two attached hydrogens (primary N) is 1. The lowest BCUT2D eigenvalue weighted by atomic mass is 9.95. The van der Waals surface area contributed by atoms with Gasteiger partial charge in [-0.05, 0) is 39.3 Å². The predicted octanol–water partition coefficient (Wildman–Crippen LogP) is 0.569. The van der Waals surface area contributed by atoms with Crippen LogP contribution in [0, 0.1) is 5.92 Å². The van der Waals surface area contributed by atoms with Crippen LogP contribution in [0.25, 0.3) is 0 Å². The molecule has 0 aromatic rings. The highest BCUT2D eigenvalue weighted by Gasteiger charge is 2.27. The van der Waals surface area contributed by atoms with Crippen molar-refractivity contribution >= 4 is 5.91 Å². The van der Waals surface area contributed by atoms with Crippen molar-refractivity contribution in [2.75, 3.05) is 13.6 Å². The highest BCUT2D eigenvalue weighted by atomic mass is 16.1. The molecule has 0 aliphatic carbocycles. The molecule has 0 aromatic heterocycles. The van der Waals surface area contributed by atoms with Crippen LogP contribution < -0.4 is 11.1 Å². The van der Waals surface area contributed by atoms with Crippen LogP contribution in [0.3, 0.4) is 0 Å². The minimum atomic E-state index is -0.235. The molecule has 1 aliphatic rings. The Hall–Kier alpha value is -0.610. The Labute approximate surface area is 98.6 Å². The van der Waals surface area contributed by atoms with E-state index in [0.29, 0.717) is 12.1 Å². The van der Waals surface area contributed by atoms with E-state index < -0.39 is 0 Å². The Morgan fingerprint density at radius 1 is 1.50 bits per heavy atom. The Kier molecular flexibility index (Phi) is 4.74. The average Bonchev–Trinajstić information content (AvgIpc) is 2.18. The SMILES string of the molecule is CC(C)C(NC1CCN(C)C(C)C1)C(N)=O. The second-order valence-corrected chi connectivity index (χ2v) is 5.34. The van der Waals surface area contributed by atoms with E-state index >= 15 is 0 Å². The minimum Gasteiger partial charge on any atom is -0.368 e. The summed E-state index contributed by atoms with van der Waals surface area (Å²) < 4.78 is 0. The summed E-state index contributed by atoms with van der Waals surface area (Å²) in [6.07, 6.45) is 2.18. The van der Waals surface area contributed by atoms with Crippen LogP contribution in [0.4, 0.5) is 0 Å². The van der Waals surface area contributed by atoms with Crippen LogP contribution in [0.5, 0.6) is 0 Å². The van der Waals surface area contributed by atoms with Crippen molar-refractivity contribution in [3.05, 3.63) is 0 Å². The number of hydrogen-bond donors (Lipinski definition) is 2. The van der Waals surface area contributed by atoms with Gasteiger partial charge in [-0.25, -0.2) is 0 Å². The zero-order valence-electron chi connectivity index (χ0n) is 10.9. The van der Waals surface area contributed by atoms with Crippen molar-refractivity contribution in [2.45, 2.75) is 51.7 Å². The molecule has 1 aliphatic heterocycles. The van der Waals surface area contributed by atoms with Crippen molar-refractivity contribution in [3.8, 4) is 0 Å². The lowest BCUT2D eigenvalue weighted by Gasteiger charge is -2.37. The molecule has 1 rings (SSSR count). The van der Waals surface area contributed by atoms with E-state index in [1.54, 1.807) is 0 Å². The number of nitrogens with zero attached hydrogens (tertiary/aromatic N) is 1. The van der Waals surface area contributed by atoms with E-state index in [2.05, 4.69) is 24.2 Å². The van der Waals surface area contributed by atoms with Gasteiger partial charge >= 0.3 is 0 Å². The summed E-state index contributed by atoms with van der Waals surface area (Å²) in [6, 6.07) is 0.804. The normalized spacial score (nSPS) is 29.3. The maximum absolute atomic E-state index is 11.3. The first-order chi connectivity index (χ1) is 7.41. The van der Waals surface area contributed by atoms with Crippen LogP contribution in [0.2, 0.25) is 0 Å². The molecule has 3 N–H and O–H groups in total. The van der Waals surface area contributed by atoms with Crippen LogP contribution in [0.15, 0.2) is 0 Å². The molecule has 0 spiro atoms. The van der Waals surface area contributed by atoms with Gasteiger partial charge in [0, 0.05) is 12.1 Å². The summed E-state index contributed by atoms with van der Waals surface area (Å²) in [5.41, 5.74) is 5.40. The molecule has 1 heterocycles. The fourth-order valence-electron chi connectivity index (χ4n) is 2.30. The Balaban J connectivity index is 2.50. The second kappa shape index (κ2) is 5.64. The second-order valence-electron chi connectivity index (χ2n) is 5.34. The first-order valence-corrected chi connectivity index (χ1v) is 6.17. The predicted molar refractivity (Wildman–Crippen MR) is 66.1 cm³/mol. The van der Waals surface area contributed by atoms with Gasteiger partial charge in [-0.2, -0.15) is 0 Å². The molecule has 1 saturated heterocycles. The number of carbonyl (C=O) groups is 1. The monoisotopic (exact) mass is 227 g/mol. The van der Waals surface area contributed by atoms with Crippen LogP contribution in [-0.4, -0.2) is 42.5 Å². The fourth-order valence-corrected chi connectivity index (χ4v) is 2.30. The molecule has 94 valence electrons. The van der Waals surface area contributed by atoms with Crippen molar-refractivity contribution < 1.29 is 4.79 Å². The van der Waals surface area contributed by atoms with E-state index in [-0.39, 0.29) is 17.9 Å². The summed E-state index contributed by atoms with van der Waals surface area (Å²) >= 11 is 0. The van der Waals surface area contributed by atoms with E-state index in [9.17, 15) is 4.79 Å². The first-order valence-electron chi connectivity index (χ1n) is 6.17. The van der Waals surface area contributed by atoms with Gasteiger partial charge in [0.05, 0.1) is 6.04 Å². The molecule has 3 atom stereocenters. The van der Waals surface area contributed by atoms with E-state index in [1.807, 2.05) is 13.8 Å². The maximum Gasteiger partial charge on any atom is 0.234 e. The van der Waals surface area contributed by atoms with Crippen LogP contribution >= 0.6 is 0 Å². The van der Waals surface area contributed by atoms with E-state index in [0.717, 1.165) is 19.4 Å². The summed E-state index contributed by atoms with van der Waals surface area (Å²) in [4.78, 5) is 13.7. The quantitative estimate of drug-likeness (QED) is 0.738. The number of nitrogens with one attached hydrogen (secondary N) is 1. The van der Waals surface area contributed by atoms with Gasteiger partial charge in [-0.3, -0.25) is 4.79 Å². The van der Waals surface area contributed by atoms with Gasteiger partial charge in [0.15, 0.2) is 0 Å². The molecular formula is C12H25N3O. The standard InChI is InChI=1S/C12H25N3O/c1-8(2)11(12(13)16)14-10-5-6-15(4)9(3)7-10/h8-11,14H,5-7H2,1-4H3,(H2,13,16). The zero-order chi connectivity index (χ0) is 12.3. The molecule has 0 radical (unpaired) electrons. The van der Waals surface area contributed by atoms with Crippen molar-refractivity contribution in [1.29, 1.82) is 0 Å². The number of likely N-dealkylation sites (tertiary alicyclic amines) is 1. The van der Waals surface area contributed by atoms with E-state index in [4.69, 9.17) is 5.73 Å². The molecule has 4 heteroatoms. The lowest BCUT2D eigenvalue weighted by molar-refractivity contribution is -0.121. The molecule has 16 heavy (non-hydrogen) atoms. The largest absolute Gasteiger partial charge is 0.368 e. The van der Waals surface area contributed by atoms with Gasteiger partial charge < -0.3 is 16.0 Å². The first kappa shape index (κ1) is 13.5.